The van der Waals surface area contributed by atoms with Gasteiger partial charge in [0.25, 0.3) is 0 Å². The van der Waals surface area contributed by atoms with Gasteiger partial charge >= 0.3 is 0 Å². The van der Waals surface area contributed by atoms with E-state index >= 15 is 0 Å². The van der Waals surface area contributed by atoms with Crippen molar-refractivity contribution in [1.82, 2.24) is 10.2 Å². The van der Waals surface area contributed by atoms with E-state index in [4.69, 9.17) is 4.74 Å². The molecule has 134 valence electrons. The molecule has 0 radical (unpaired) electrons. The van der Waals surface area contributed by atoms with E-state index in [0.29, 0.717) is 0 Å². The molecule has 26 heavy (non-hydrogen) atoms. The van der Waals surface area contributed by atoms with E-state index in [9.17, 15) is 4.39 Å². The molecule has 1 aliphatic rings. The molecule has 1 saturated heterocycles. The Balaban J connectivity index is 1.80. The van der Waals surface area contributed by atoms with E-state index in [1.807, 2.05) is 6.07 Å². The summed E-state index contributed by atoms with van der Waals surface area (Å²) in [5, 5.41) is 5.82. The molecule has 1 aliphatic heterocycles. The number of hydrogen-bond acceptors (Lipinski definition) is 3. The maximum absolute atomic E-state index is 14.4. The van der Waals surface area contributed by atoms with Crippen molar-refractivity contribution in [2.24, 2.45) is 0 Å². The van der Waals surface area contributed by atoms with Gasteiger partial charge in [0.05, 0.1) is 13.2 Å². The van der Waals surface area contributed by atoms with Gasteiger partial charge in [-0.25, -0.2) is 4.39 Å². The van der Waals surface area contributed by atoms with E-state index in [1.54, 1.807) is 12.1 Å². The van der Waals surface area contributed by atoms with Gasteiger partial charge in [0.15, 0.2) is 11.6 Å². The second-order valence-electron chi connectivity index (χ2n) is 6.69. The van der Waals surface area contributed by atoms with Crippen molar-refractivity contribution in [3.8, 4) is 5.75 Å². The molecule has 0 amide bonds. The Morgan fingerprint density at radius 3 is 2.35 bits per heavy atom. The largest absolute Gasteiger partial charge is 0.494 e. The highest BCUT2D eigenvalue weighted by Gasteiger charge is 2.25. The fourth-order valence-corrected chi connectivity index (χ4v) is 3.79. The molecule has 1 heterocycles. The van der Waals surface area contributed by atoms with E-state index in [2.05, 4.69) is 52.7 Å². The standard InChI is InChI=1S/C22H23FN2O/c1-26-21-9-8-19(15-20(21)23)22(25-12-10-24-11-13-25)18-7-6-16-4-2-3-5-17(16)14-18/h2-9,14-15,22,24H,10-13H2,1H3. The number of piperazine rings is 1. The van der Waals surface area contributed by atoms with Crippen LogP contribution in [0, 0.1) is 5.82 Å². The fraction of sp³-hybridized carbons (Fsp3) is 0.273. The summed E-state index contributed by atoms with van der Waals surface area (Å²) in [7, 11) is 1.50. The van der Waals surface area contributed by atoms with Crippen LogP contribution in [0.15, 0.2) is 60.7 Å². The van der Waals surface area contributed by atoms with Crippen molar-refractivity contribution in [3.63, 3.8) is 0 Å². The fourth-order valence-electron chi connectivity index (χ4n) is 3.79. The Bertz CT molecular complexity index is 906. The van der Waals surface area contributed by atoms with E-state index < -0.39 is 0 Å². The summed E-state index contributed by atoms with van der Waals surface area (Å²) in [6, 6.07) is 20.2. The number of benzene rings is 3. The lowest BCUT2D eigenvalue weighted by molar-refractivity contribution is 0.198. The zero-order chi connectivity index (χ0) is 17.9. The number of halogens is 1. The first-order valence-electron chi connectivity index (χ1n) is 9.03. The molecule has 1 N–H and O–H groups in total. The van der Waals surface area contributed by atoms with Gasteiger partial charge in [-0.05, 0) is 40.1 Å². The quantitative estimate of drug-likeness (QED) is 0.770. The summed E-state index contributed by atoms with van der Waals surface area (Å²) in [4.78, 5) is 2.42. The SMILES string of the molecule is COc1ccc(C(c2ccc3ccccc3c2)N2CCNCC2)cc1F. The molecular weight excluding hydrogens is 327 g/mol. The summed E-state index contributed by atoms with van der Waals surface area (Å²) >= 11 is 0. The normalized spacial score (nSPS) is 16.5. The van der Waals surface area contributed by atoms with Crippen molar-refractivity contribution in [2.45, 2.75) is 6.04 Å². The van der Waals surface area contributed by atoms with Gasteiger partial charge in [-0.15, -0.1) is 0 Å². The Morgan fingerprint density at radius 2 is 1.62 bits per heavy atom. The Labute approximate surface area is 153 Å². The van der Waals surface area contributed by atoms with Gasteiger partial charge < -0.3 is 10.1 Å². The van der Waals surface area contributed by atoms with E-state index in [-0.39, 0.29) is 17.6 Å². The molecule has 0 saturated carbocycles. The van der Waals surface area contributed by atoms with Crippen molar-refractivity contribution < 1.29 is 9.13 Å². The number of fused-ring (bicyclic) bond motifs is 1. The summed E-state index contributed by atoms with van der Waals surface area (Å²) in [6.45, 7) is 3.77. The first-order valence-corrected chi connectivity index (χ1v) is 9.03. The number of methoxy groups -OCH3 is 1. The monoisotopic (exact) mass is 350 g/mol. The average Bonchev–Trinajstić information content (AvgIpc) is 2.69. The number of hydrogen-bond donors (Lipinski definition) is 1. The van der Waals surface area contributed by atoms with Crippen LogP contribution in [0.3, 0.4) is 0 Å². The lowest BCUT2D eigenvalue weighted by Crippen LogP contribution is -2.45. The van der Waals surface area contributed by atoms with E-state index in [0.717, 1.165) is 31.7 Å². The van der Waals surface area contributed by atoms with E-state index in [1.165, 1.54) is 23.4 Å². The lowest BCUT2D eigenvalue weighted by Gasteiger charge is -2.35. The molecule has 0 spiro atoms. The molecule has 3 aromatic rings. The van der Waals surface area contributed by atoms with Gasteiger partial charge in [0.2, 0.25) is 0 Å². The van der Waals surface area contributed by atoms with Crippen molar-refractivity contribution >= 4 is 10.8 Å². The molecule has 3 nitrogen and oxygen atoms in total. The molecule has 1 atom stereocenters. The first-order chi connectivity index (χ1) is 12.8. The van der Waals surface area contributed by atoms with Crippen LogP contribution >= 0.6 is 0 Å². The van der Waals surface area contributed by atoms with Crippen molar-refractivity contribution in [2.75, 3.05) is 33.3 Å². The van der Waals surface area contributed by atoms with Gasteiger partial charge in [-0.3, -0.25) is 4.90 Å². The topological polar surface area (TPSA) is 24.5 Å². The minimum Gasteiger partial charge on any atom is -0.494 e. The number of nitrogens with one attached hydrogen (secondary N) is 1. The predicted molar refractivity (Wildman–Crippen MR) is 103 cm³/mol. The highest BCUT2D eigenvalue weighted by Crippen LogP contribution is 2.33. The van der Waals surface area contributed by atoms with Crippen LogP contribution in [0.5, 0.6) is 5.75 Å². The average molecular weight is 350 g/mol. The Kier molecular flexibility index (Phi) is 4.87. The van der Waals surface area contributed by atoms with Crippen molar-refractivity contribution in [3.05, 3.63) is 77.6 Å². The number of rotatable bonds is 4. The van der Waals surface area contributed by atoms with Gasteiger partial charge in [-0.2, -0.15) is 0 Å². The third-order valence-corrected chi connectivity index (χ3v) is 5.10. The molecule has 4 heteroatoms. The van der Waals surface area contributed by atoms with Gasteiger partial charge in [-0.1, -0.05) is 42.5 Å². The molecule has 3 aromatic carbocycles. The van der Waals surface area contributed by atoms with Crippen LogP contribution in [0.2, 0.25) is 0 Å². The lowest BCUT2D eigenvalue weighted by atomic mass is 9.94. The summed E-state index contributed by atoms with van der Waals surface area (Å²) in [5.41, 5.74) is 2.15. The van der Waals surface area contributed by atoms with Gasteiger partial charge in [0, 0.05) is 26.2 Å². The molecular formula is C22H23FN2O. The molecule has 1 unspecified atom stereocenters. The molecule has 0 bridgehead atoms. The molecule has 0 aromatic heterocycles. The highest BCUT2D eigenvalue weighted by atomic mass is 19.1. The second kappa shape index (κ2) is 7.44. The molecule has 0 aliphatic carbocycles. The Morgan fingerprint density at radius 1 is 0.923 bits per heavy atom. The zero-order valence-electron chi connectivity index (χ0n) is 14.9. The number of ether oxygens (including phenoxy) is 1. The first kappa shape index (κ1) is 17.0. The minimum atomic E-state index is -0.314. The zero-order valence-corrected chi connectivity index (χ0v) is 14.9. The maximum atomic E-state index is 14.4. The maximum Gasteiger partial charge on any atom is 0.165 e. The second-order valence-corrected chi connectivity index (χ2v) is 6.69. The minimum absolute atomic E-state index is 0.0297. The predicted octanol–water partition coefficient (Wildman–Crippen LogP) is 3.98. The molecule has 1 fully saturated rings. The summed E-state index contributed by atoms with van der Waals surface area (Å²) in [6.07, 6.45) is 0. The van der Waals surface area contributed by atoms with Crippen LogP contribution in [-0.2, 0) is 0 Å². The smallest absolute Gasteiger partial charge is 0.165 e. The third kappa shape index (κ3) is 3.30. The summed E-state index contributed by atoms with van der Waals surface area (Å²) < 4.78 is 19.5. The van der Waals surface area contributed by atoms with Gasteiger partial charge in [0.1, 0.15) is 0 Å². The van der Waals surface area contributed by atoms with Crippen LogP contribution in [-0.4, -0.2) is 38.2 Å². The van der Waals surface area contributed by atoms with Crippen LogP contribution in [0.25, 0.3) is 10.8 Å². The highest BCUT2D eigenvalue weighted by molar-refractivity contribution is 5.83. The third-order valence-electron chi connectivity index (χ3n) is 5.10. The van der Waals surface area contributed by atoms with Crippen molar-refractivity contribution in [1.29, 1.82) is 0 Å². The Hall–Kier alpha value is -2.43. The molecule has 4 rings (SSSR count). The van der Waals surface area contributed by atoms with Crippen LogP contribution in [0.4, 0.5) is 4.39 Å². The van der Waals surface area contributed by atoms with Crippen LogP contribution < -0.4 is 10.1 Å². The number of nitrogens with zero attached hydrogens (tertiary/aromatic N) is 1. The van der Waals surface area contributed by atoms with Crippen LogP contribution in [0.1, 0.15) is 17.2 Å². The summed E-state index contributed by atoms with van der Waals surface area (Å²) in [5.74, 6) is -0.0303.